The quantitative estimate of drug-likeness (QED) is 0.288. The Morgan fingerprint density at radius 1 is 0.489 bits per heavy atom. The zero-order valence-electron chi connectivity index (χ0n) is 29.3. The van der Waals surface area contributed by atoms with Crippen molar-refractivity contribution in [2.24, 2.45) is 21.7 Å². The van der Waals surface area contributed by atoms with E-state index in [4.69, 9.17) is 0 Å². The van der Waals surface area contributed by atoms with Crippen LogP contribution in [0.25, 0.3) is 0 Å². The summed E-state index contributed by atoms with van der Waals surface area (Å²) in [5, 5.41) is 3.28. The van der Waals surface area contributed by atoms with Gasteiger partial charge in [-0.3, -0.25) is 0 Å². The van der Waals surface area contributed by atoms with Crippen LogP contribution in [0.5, 0.6) is 0 Å². The van der Waals surface area contributed by atoms with Crippen LogP contribution in [-0.4, -0.2) is 21.5 Å². The molecule has 3 heterocycles. The molecule has 7 rings (SSSR count). The van der Waals surface area contributed by atoms with E-state index in [0.29, 0.717) is 21.7 Å². The molecule has 0 atom stereocenters. The molecule has 2 radical (unpaired) electrons. The SMILES string of the molecule is CC1(C)CB(C2=C3C[Si](c4ccccc4)(c4ccccc4)CC3=C(B3CC(C)(C)C(C)(C)C3)CC2)CC1(C)C.[CH]1C=CC=C1.[Co]. The van der Waals surface area contributed by atoms with Gasteiger partial charge in [0.1, 0.15) is 8.07 Å². The van der Waals surface area contributed by atoms with E-state index in [1.165, 1.54) is 50.2 Å². The number of rotatable bonds is 4. The van der Waals surface area contributed by atoms with Crippen LogP contribution < -0.4 is 10.4 Å². The van der Waals surface area contributed by atoms with E-state index < -0.39 is 8.07 Å². The summed E-state index contributed by atoms with van der Waals surface area (Å²) in [6.45, 7) is 21.8. The van der Waals surface area contributed by atoms with Gasteiger partial charge >= 0.3 is 0 Å². The fourth-order valence-corrected chi connectivity index (χ4v) is 14.6. The maximum absolute atomic E-state index is 2.54. The molecule has 0 aromatic heterocycles. The molecule has 0 amide bonds. The fourth-order valence-electron chi connectivity index (χ4n) is 9.58. The molecule has 4 heteroatoms. The molecule has 2 aromatic carbocycles. The average molecular weight is 657 g/mol. The first-order chi connectivity index (χ1) is 20.8. The molecule has 2 aliphatic carbocycles. The predicted octanol–water partition coefficient (Wildman–Crippen LogP) is 10.2. The summed E-state index contributed by atoms with van der Waals surface area (Å²) in [5.74, 6) is 0. The topological polar surface area (TPSA) is 0 Å². The molecule has 0 N–H and O–H groups in total. The van der Waals surface area contributed by atoms with Crippen LogP contribution in [0.1, 0.15) is 68.2 Å². The summed E-state index contributed by atoms with van der Waals surface area (Å²) >= 11 is 0. The van der Waals surface area contributed by atoms with Gasteiger partial charge in [-0.05, 0) is 46.6 Å². The van der Waals surface area contributed by atoms with Crippen molar-refractivity contribution in [1.29, 1.82) is 0 Å². The van der Waals surface area contributed by atoms with Gasteiger partial charge in [0, 0.05) is 23.2 Å². The van der Waals surface area contributed by atoms with Crippen molar-refractivity contribution in [3.05, 3.63) is 113 Å². The Morgan fingerprint density at radius 2 is 0.822 bits per heavy atom. The van der Waals surface area contributed by atoms with Crippen molar-refractivity contribution in [2.75, 3.05) is 0 Å². The third kappa shape index (κ3) is 6.30. The Kier molecular flexibility index (Phi) is 9.76. The van der Waals surface area contributed by atoms with Crippen molar-refractivity contribution in [1.82, 2.24) is 0 Å². The van der Waals surface area contributed by atoms with E-state index in [9.17, 15) is 0 Å². The van der Waals surface area contributed by atoms with Crippen molar-refractivity contribution in [2.45, 2.75) is 106 Å². The van der Waals surface area contributed by atoms with Gasteiger partial charge in [0.25, 0.3) is 0 Å². The predicted molar refractivity (Wildman–Crippen MR) is 199 cm³/mol. The minimum Gasteiger partial charge on any atom is -0.0977 e. The van der Waals surface area contributed by atoms with Crippen LogP contribution in [0.4, 0.5) is 0 Å². The fraction of sp³-hybridized carbons (Fsp3) is 0.488. The van der Waals surface area contributed by atoms with Gasteiger partial charge in [0.15, 0.2) is 13.4 Å². The largest absolute Gasteiger partial charge is 0.172 e. The number of benzene rings is 2. The molecule has 45 heavy (non-hydrogen) atoms. The zero-order chi connectivity index (χ0) is 31.4. The molecule has 0 spiro atoms. The van der Waals surface area contributed by atoms with E-state index in [2.05, 4.69) is 116 Å². The normalized spacial score (nSPS) is 24.8. The molecule has 0 unspecified atom stereocenters. The van der Waals surface area contributed by atoms with Gasteiger partial charge < -0.3 is 0 Å². The molecular formula is C41H55B2CoSi. The van der Waals surface area contributed by atoms with Crippen molar-refractivity contribution in [3.63, 3.8) is 0 Å². The first-order valence-corrected chi connectivity index (χ1v) is 19.9. The Balaban J connectivity index is 0.000000609. The summed E-state index contributed by atoms with van der Waals surface area (Å²) < 4.78 is 0. The maximum Gasteiger partial charge on any atom is 0.172 e. The van der Waals surface area contributed by atoms with E-state index >= 15 is 0 Å². The van der Waals surface area contributed by atoms with Crippen LogP contribution in [0, 0.1) is 28.1 Å². The Bertz CT molecular complexity index is 1350. The van der Waals surface area contributed by atoms with Crippen LogP contribution >= 0.6 is 0 Å². The third-order valence-electron chi connectivity index (χ3n) is 13.6. The van der Waals surface area contributed by atoms with Gasteiger partial charge in [-0.2, -0.15) is 0 Å². The summed E-state index contributed by atoms with van der Waals surface area (Å²) in [5.41, 5.74) is 9.06. The second-order valence-electron chi connectivity index (χ2n) is 17.4. The van der Waals surface area contributed by atoms with Crippen molar-refractivity contribution >= 4 is 31.9 Å². The van der Waals surface area contributed by atoms with Crippen LogP contribution in [0.2, 0.25) is 37.4 Å². The number of allylic oxidation sites excluding steroid dienone is 8. The third-order valence-corrected chi connectivity index (χ3v) is 18.4. The second-order valence-corrected chi connectivity index (χ2v) is 21.4. The van der Waals surface area contributed by atoms with Crippen LogP contribution in [0.3, 0.4) is 0 Å². The second kappa shape index (κ2) is 12.7. The first-order valence-electron chi connectivity index (χ1n) is 17.5. The van der Waals surface area contributed by atoms with E-state index in [0.717, 1.165) is 13.4 Å². The monoisotopic (exact) mass is 656 g/mol. The summed E-state index contributed by atoms with van der Waals surface area (Å²) in [6.07, 6.45) is 18.1. The van der Waals surface area contributed by atoms with E-state index in [1.54, 1.807) is 10.4 Å². The number of hydrogen-bond donors (Lipinski definition) is 0. The molecule has 238 valence electrons. The molecule has 0 bridgehead atoms. The van der Waals surface area contributed by atoms with Gasteiger partial charge in [0.2, 0.25) is 0 Å². The van der Waals surface area contributed by atoms with E-state index in [1.807, 2.05) is 52.8 Å². The zero-order valence-corrected chi connectivity index (χ0v) is 31.3. The molecule has 0 nitrogen and oxygen atoms in total. The smallest absolute Gasteiger partial charge is 0.0977 e. The molecule has 3 aliphatic heterocycles. The summed E-state index contributed by atoms with van der Waals surface area (Å²) in [6, 6.07) is 26.1. The minimum atomic E-state index is -1.96. The molecular weight excluding hydrogens is 601 g/mol. The molecule has 2 aromatic rings. The van der Waals surface area contributed by atoms with Gasteiger partial charge in [-0.25, -0.2) is 0 Å². The minimum absolute atomic E-state index is 0. The van der Waals surface area contributed by atoms with Crippen molar-refractivity contribution in [3.8, 4) is 0 Å². The summed E-state index contributed by atoms with van der Waals surface area (Å²) in [4.78, 5) is 0. The van der Waals surface area contributed by atoms with Gasteiger partial charge in [-0.15, -0.1) is 0 Å². The standard InChI is InChI=1S/C36H50B2Si.C5H5.Co/c1-33(2)23-37(24-34(33,3)4)31-19-20-32(38-25-35(5,6)36(7,8)26-38)30-22-39(21-29(30)31,27-15-11-9-12-16-27)28-17-13-10-14-18-28;1-2-4-5-3-1;/h9-18H,19-26H2,1-8H3;1-5H;. The Hall–Kier alpha value is -1.75. The van der Waals surface area contributed by atoms with Crippen LogP contribution in [0.15, 0.2) is 107 Å². The van der Waals surface area contributed by atoms with E-state index in [-0.39, 0.29) is 16.8 Å². The molecule has 0 saturated carbocycles. The van der Waals surface area contributed by atoms with Crippen LogP contribution in [-0.2, 0) is 16.8 Å². The first kappa shape index (κ1) is 34.6. The number of hydrogen-bond acceptors (Lipinski definition) is 0. The molecule has 3 saturated heterocycles. The van der Waals surface area contributed by atoms with Crippen molar-refractivity contribution < 1.29 is 16.8 Å². The summed E-state index contributed by atoms with van der Waals surface area (Å²) in [7, 11) is -1.96. The Labute approximate surface area is 288 Å². The average Bonchev–Trinajstić information content (AvgIpc) is 3.76. The maximum atomic E-state index is 2.54. The van der Waals surface area contributed by atoms with Gasteiger partial charge in [0.05, 0.1) is 0 Å². The van der Waals surface area contributed by atoms with Gasteiger partial charge in [-0.1, -0.05) is 198 Å². The molecule has 5 aliphatic rings. The number of fused-ring (bicyclic) bond motifs is 1. The molecule has 3 fully saturated rings. The Morgan fingerprint density at radius 3 is 1.11 bits per heavy atom.